The number of anilines is 1. The molecule has 0 spiro atoms. The lowest BCUT2D eigenvalue weighted by Gasteiger charge is -2.24. The molecule has 0 radical (unpaired) electrons. The first-order valence-corrected chi connectivity index (χ1v) is 10.0. The molecular formula is C20H23N3O2S. The normalized spacial score (nSPS) is 11.5. The van der Waals surface area contributed by atoms with E-state index in [1.807, 2.05) is 68.4 Å². The van der Waals surface area contributed by atoms with Gasteiger partial charge in [0.1, 0.15) is 4.90 Å². The van der Waals surface area contributed by atoms with E-state index in [9.17, 15) is 8.42 Å². The lowest BCUT2D eigenvalue weighted by atomic mass is 10.2. The minimum Gasteiger partial charge on any atom is -0.267 e. The number of rotatable bonds is 6. The van der Waals surface area contributed by atoms with Crippen molar-refractivity contribution < 1.29 is 8.42 Å². The predicted octanol–water partition coefficient (Wildman–Crippen LogP) is 3.76. The van der Waals surface area contributed by atoms with E-state index in [-0.39, 0.29) is 4.90 Å². The van der Waals surface area contributed by atoms with Crippen LogP contribution < -0.4 is 4.31 Å². The number of sulfonamides is 1. The number of aryl methyl sites for hydroxylation is 2. The molecule has 0 atom stereocenters. The van der Waals surface area contributed by atoms with Gasteiger partial charge in [0.2, 0.25) is 0 Å². The van der Waals surface area contributed by atoms with Gasteiger partial charge in [-0.05, 0) is 38.0 Å². The predicted molar refractivity (Wildman–Crippen MR) is 104 cm³/mol. The molecular weight excluding hydrogens is 346 g/mol. The Kier molecular flexibility index (Phi) is 5.13. The zero-order chi connectivity index (χ0) is 18.7. The third kappa shape index (κ3) is 3.51. The summed E-state index contributed by atoms with van der Waals surface area (Å²) in [7, 11) is -3.68. The Labute approximate surface area is 154 Å². The molecule has 1 aromatic heterocycles. The van der Waals surface area contributed by atoms with Gasteiger partial charge in [0.15, 0.2) is 0 Å². The molecule has 0 unspecified atom stereocenters. The number of para-hydroxylation sites is 1. The second kappa shape index (κ2) is 7.33. The Morgan fingerprint density at radius 3 is 2.31 bits per heavy atom. The molecule has 0 aliphatic heterocycles. The first kappa shape index (κ1) is 18.2. The van der Waals surface area contributed by atoms with Gasteiger partial charge in [-0.1, -0.05) is 48.5 Å². The topological polar surface area (TPSA) is 55.2 Å². The van der Waals surface area contributed by atoms with Crippen LogP contribution in [0.1, 0.15) is 23.7 Å². The summed E-state index contributed by atoms with van der Waals surface area (Å²) >= 11 is 0. The molecule has 6 heteroatoms. The smallest absolute Gasteiger partial charge is 0.267 e. The molecule has 0 fully saturated rings. The summed E-state index contributed by atoms with van der Waals surface area (Å²) in [5.41, 5.74) is 3.20. The van der Waals surface area contributed by atoms with Crippen molar-refractivity contribution >= 4 is 15.7 Å². The van der Waals surface area contributed by atoms with Gasteiger partial charge in [0.25, 0.3) is 10.0 Å². The highest BCUT2D eigenvalue weighted by atomic mass is 32.2. The van der Waals surface area contributed by atoms with Gasteiger partial charge in [-0.3, -0.25) is 8.99 Å². The molecule has 0 aliphatic rings. The zero-order valence-corrected chi connectivity index (χ0v) is 16.1. The van der Waals surface area contributed by atoms with Crippen molar-refractivity contribution in [1.82, 2.24) is 9.78 Å². The summed E-state index contributed by atoms with van der Waals surface area (Å²) in [6.45, 7) is 6.39. The van der Waals surface area contributed by atoms with Gasteiger partial charge >= 0.3 is 0 Å². The van der Waals surface area contributed by atoms with Crippen LogP contribution in [0.3, 0.4) is 0 Å². The van der Waals surface area contributed by atoms with Gasteiger partial charge < -0.3 is 0 Å². The number of benzene rings is 2. The summed E-state index contributed by atoms with van der Waals surface area (Å²) in [4.78, 5) is 0.249. The van der Waals surface area contributed by atoms with Gasteiger partial charge in [0, 0.05) is 12.7 Å². The molecule has 3 aromatic rings. The second-order valence-electron chi connectivity index (χ2n) is 6.22. The van der Waals surface area contributed by atoms with Gasteiger partial charge in [-0.25, -0.2) is 8.42 Å². The quantitative estimate of drug-likeness (QED) is 0.665. The van der Waals surface area contributed by atoms with Crippen molar-refractivity contribution in [1.29, 1.82) is 0 Å². The van der Waals surface area contributed by atoms with E-state index in [4.69, 9.17) is 0 Å². The Morgan fingerprint density at radius 2 is 1.65 bits per heavy atom. The lowest BCUT2D eigenvalue weighted by Crippen LogP contribution is -2.31. The molecule has 26 heavy (non-hydrogen) atoms. The number of aromatic nitrogens is 2. The van der Waals surface area contributed by atoms with Crippen LogP contribution >= 0.6 is 0 Å². The van der Waals surface area contributed by atoms with Gasteiger partial charge in [-0.15, -0.1) is 0 Å². The van der Waals surface area contributed by atoms with Crippen LogP contribution in [0.25, 0.3) is 0 Å². The molecule has 0 saturated heterocycles. The van der Waals surface area contributed by atoms with E-state index in [2.05, 4.69) is 5.10 Å². The molecule has 0 amide bonds. The number of hydrogen-bond donors (Lipinski definition) is 0. The van der Waals surface area contributed by atoms with Crippen LogP contribution in [0.15, 0.2) is 65.7 Å². The first-order chi connectivity index (χ1) is 12.4. The maximum absolute atomic E-state index is 13.3. The highest BCUT2D eigenvalue weighted by Gasteiger charge is 2.28. The molecule has 0 N–H and O–H groups in total. The van der Waals surface area contributed by atoms with Crippen molar-refractivity contribution in [2.75, 3.05) is 10.8 Å². The Balaban J connectivity index is 1.98. The summed E-state index contributed by atoms with van der Waals surface area (Å²) in [6, 6.07) is 17.4. The third-order valence-corrected chi connectivity index (χ3v) is 6.32. The molecule has 5 nitrogen and oxygen atoms in total. The standard InChI is InChI=1S/C20H23N3O2S/c1-4-23(19-13-9-8-10-16(19)2)26(24,25)20-15-22(21-17(20)3)14-18-11-6-5-7-12-18/h5-13,15H,4,14H2,1-3H3. The number of hydrogen-bond acceptors (Lipinski definition) is 3. The highest BCUT2D eigenvalue weighted by molar-refractivity contribution is 7.92. The SMILES string of the molecule is CCN(c1ccccc1C)S(=O)(=O)c1cn(Cc2ccccc2)nc1C. The van der Waals surface area contributed by atoms with Crippen LogP contribution in [-0.4, -0.2) is 24.7 Å². The van der Waals surface area contributed by atoms with E-state index in [0.717, 1.165) is 11.1 Å². The third-order valence-electron chi connectivity index (χ3n) is 4.33. The van der Waals surface area contributed by atoms with Gasteiger partial charge in [-0.2, -0.15) is 5.10 Å². The van der Waals surface area contributed by atoms with E-state index >= 15 is 0 Å². The fraction of sp³-hybridized carbons (Fsp3) is 0.250. The minimum atomic E-state index is -3.68. The van der Waals surface area contributed by atoms with Crippen LogP contribution in [-0.2, 0) is 16.6 Å². The Morgan fingerprint density at radius 1 is 1.00 bits per heavy atom. The maximum Gasteiger partial charge on any atom is 0.267 e. The molecule has 136 valence electrons. The number of nitrogens with zero attached hydrogens (tertiary/aromatic N) is 3. The van der Waals surface area contributed by atoms with E-state index in [1.165, 1.54) is 4.31 Å². The lowest BCUT2D eigenvalue weighted by molar-refractivity contribution is 0.591. The monoisotopic (exact) mass is 369 g/mol. The average Bonchev–Trinajstić information content (AvgIpc) is 2.99. The minimum absolute atomic E-state index is 0.249. The van der Waals surface area contributed by atoms with Crippen molar-refractivity contribution in [3.63, 3.8) is 0 Å². The fourth-order valence-corrected chi connectivity index (χ4v) is 4.75. The van der Waals surface area contributed by atoms with E-state index in [0.29, 0.717) is 24.5 Å². The summed E-state index contributed by atoms with van der Waals surface area (Å²) < 4.78 is 29.7. The van der Waals surface area contributed by atoms with E-state index < -0.39 is 10.0 Å². The van der Waals surface area contributed by atoms with Crippen LogP contribution in [0.2, 0.25) is 0 Å². The first-order valence-electron chi connectivity index (χ1n) is 8.60. The summed E-state index contributed by atoms with van der Waals surface area (Å²) in [6.07, 6.45) is 1.62. The molecule has 0 bridgehead atoms. The zero-order valence-electron chi connectivity index (χ0n) is 15.3. The van der Waals surface area contributed by atoms with Crippen LogP contribution in [0.5, 0.6) is 0 Å². The highest BCUT2D eigenvalue weighted by Crippen LogP contribution is 2.27. The maximum atomic E-state index is 13.3. The van der Waals surface area contributed by atoms with Crippen molar-refractivity contribution in [3.8, 4) is 0 Å². The van der Waals surface area contributed by atoms with Crippen LogP contribution in [0, 0.1) is 13.8 Å². The Hall–Kier alpha value is -2.60. The summed E-state index contributed by atoms with van der Waals surface area (Å²) in [5.74, 6) is 0. The molecule has 2 aromatic carbocycles. The molecule has 0 saturated carbocycles. The molecule has 0 aliphatic carbocycles. The van der Waals surface area contributed by atoms with E-state index in [1.54, 1.807) is 17.8 Å². The molecule has 3 rings (SSSR count). The fourth-order valence-electron chi connectivity index (χ4n) is 3.04. The summed E-state index contributed by atoms with van der Waals surface area (Å²) in [5, 5.41) is 4.42. The largest absolute Gasteiger partial charge is 0.267 e. The van der Waals surface area contributed by atoms with Crippen molar-refractivity contribution in [2.24, 2.45) is 0 Å². The van der Waals surface area contributed by atoms with Crippen molar-refractivity contribution in [3.05, 3.63) is 77.6 Å². The Bertz CT molecular complexity index is 995. The van der Waals surface area contributed by atoms with Crippen molar-refractivity contribution in [2.45, 2.75) is 32.2 Å². The molecule has 1 heterocycles. The van der Waals surface area contributed by atoms with Gasteiger partial charge in [0.05, 0.1) is 17.9 Å². The second-order valence-corrected chi connectivity index (χ2v) is 8.05. The van der Waals surface area contributed by atoms with Crippen LogP contribution in [0.4, 0.5) is 5.69 Å². The average molecular weight is 369 g/mol.